The molecule has 27 heavy (non-hydrogen) atoms. The number of hydrogen-bond acceptors (Lipinski definition) is 7. The zero-order chi connectivity index (χ0) is 19.8. The molecular weight excluding hydrogens is 350 g/mol. The van der Waals surface area contributed by atoms with Gasteiger partial charge < -0.3 is 14.2 Å². The van der Waals surface area contributed by atoms with E-state index in [1.165, 1.54) is 6.92 Å². The third-order valence-corrected chi connectivity index (χ3v) is 5.88. The monoisotopic (exact) mass is 377 g/mol. The highest BCUT2D eigenvalue weighted by Crippen LogP contribution is 2.35. The first-order chi connectivity index (χ1) is 12.8. The van der Waals surface area contributed by atoms with Gasteiger partial charge in [0.2, 0.25) is 5.60 Å². The maximum Gasteiger partial charge on any atom is 0.350 e. The number of ether oxygens (including phenoxy) is 3. The topological polar surface area (TPSA) is 82.1 Å². The van der Waals surface area contributed by atoms with Crippen LogP contribution in [0.2, 0.25) is 0 Å². The molecule has 7 nitrogen and oxygen atoms in total. The predicted octanol–water partition coefficient (Wildman–Crippen LogP) is 1.76. The number of esters is 3. The fraction of sp³-hybridized carbons (Fsp3) is 0.650. The second kappa shape index (κ2) is 7.46. The number of carbonyl (C=O) groups is 3. The van der Waals surface area contributed by atoms with Crippen molar-refractivity contribution in [1.82, 2.24) is 4.90 Å². The normalized spacial score (nSPS) is 36.2. The van der Waals surface area contributed by atoms with Gasteiger partial charge in [0.15, 0.2) is 0 Å². The van der Waals surface area contributed by atoms with Gasteiger partial charge >= 0.3 is 17.9 Å². The van der Waals surface area contributed by atoms with Crippen LogP contribution in [0.3, 0.4) is 0 Å². The van der Waals surface area contributed by atoms with E-state index in [4.69, 9.17) is 14.2 Å². The second-order valence-corrected chi connectivity index (χ2v) is 7.65. The summed E-state index contributed by atoms with van der Waals surface area (Å²) >= 11 is 0. The molecule has 3 aliphatic rings. The van der Waals surface area contributed by atoms with Crippen LogP contribution in [0.25, 0.3) is 0 Å². The number of allylic oxidation sites excluding steroid dienone is 1. The summed E-state index contributed by atoms with van der Waals surface area (Å²) in [5.41, 5.74) is -0.0802. The maximum absolute atomic E-state index is 12.9. The van der Waals surface area contributed by atoms with E-state index in [-0.39, 0.29) is 31.1 Å². The molecule has 7 heteroatoms. The summed E-state index contributed by atoms with van der Waals surface area (Å²) in [6.07, 6.45) is 4.49. The first-order valence-electron chi connectivity index (χ1n) is 9.42. The Labute approximate surface area is 159 Å². The van der Waals surface area contributed by atoms with Crippen LogP contribution in [0.15, 0.2) is 23.3 Å². The zero-order valence-electron chi connectivity index (χ0n) is 16.3. The summed E-state index contributed by atoms with van der Waals surface area (Å²) in [6.45, 7) is 8.02. The summed E-state index contributed by atoms with van der Waals surface area (Å²) in [7, 11) is 0. The molecule has 2 fully saturated rings. The lowest BCUT2D eigenvalue weighted by molar-refractivity contribution is -0.185. The van der Waals surface area contributed by atoms with Crippen molar-refractivity contribution in [2.24, 2.45) is 5.92 Å². The Balaban J connectivity index is 1.94. The summed E-state index contributed by atoms with van der Waals surface area (Å²) < 4.78 is 16.8. The van der Waals surface area contributed by atoms with Crippen molar-refractivity contribution in [2.45, 2.75) is 58.3 Å². The highest BCUT2D eigenvalue weighted by atomic mass is 16.6. The van der Waals surface area contributed by atoms with Gasteiger partial charge in [0, 0.05) is 31.5 Å². The van der Waals surface area contributed by atoms with Gasteiger partial charge in [-0.3, -0.25) is 9.69 Å². The summed E-state index contributed by atoms with van der Waals surface area (Å²) in [5.74, 6) is -1.99. The molecule has 0 aromatic heterocycles. The molecular formula is C20H27NO6. The molecule has 0 aliphatic carbocycles. The quantitative estimate of drug-likeness (QED) is 0.298. The largest absolute Gasteiger partial charge is 0.458 e. The fourth-order valence-corrected chi connectivity index (χ4v) is 4.12. The molecule has 0 saturated carbocycles. The zero-order valence-corrected chi connectivity index (χ0v) is 16.3. The average molecular weight is 377 g/mol. The third kappa shape index (κ3) is 3.65. The molecule has 0 bridgehead atoms. The van der Waals surface area contributed by atoms with Crippen molar-refractivity contribution in [2.75, 3.05) is 19.7 Å². The molecule has 4 atom stereocenters. The predicted molar refractivity (Wildman–Crippen MR) is 96.6 cm³/mol. The number of rotatable bonds is 1. The van der Waals surface area contributed by atoms with Crippen LogP contribution in [-0.4, -0.2) is 60.3 Å². The molecule has 0 aromatic carbocycles. The Morgan fingerprint density at radius 2 is 2.15 bits per heavy atom. The van der Waals surface area contributed by atoms with Crippen LogP contribution in [0, 0.1) is 5.92 Å². The van der Waals surface area contributed by atoms with Crippen molar-refractivity contribution in [3.63, 3.8) is 0 Å². The minimum atomic E-state index is -1.48. The molecule has 0 aromatic rings. The highest BCUT2D eigenvalue weighted by molar-refractivity contribution is 5.89. The van der Waals surface area contributed by atoms with Crippen LogP contribution in [-0.2, 0) is 28.6 Å². The number of cyclic esters (lactones) is 1. The van der Waals surface area contributed by atoms with Gasteiger partial charge in [0.25, 0.3) is 0 Å². The molecule has 0 amide bonds. The van der Waals surface area contributed by atoms with E-state index in [1.807, 2.05) is 6.08 Å². The minimum absolute atomic E-state index is 0.0586. The van der Waals surface area contributed by atoms with Gasteiger partial charge in [0.05, 0.1) is 6.04 Å². The molecule has 3 heterocycles. The lowest BCUT2D eigenvalue weighted by Gasteiger charge is -2.34. The van der Waals surface area contributed by atoms with Gasteiger partial charge in [-0.15, -0.1) is 0 Å². The van der Waals surface area contributed by atoms with E-state index >= 15 is 0 Å². The van der Waals surface area contributed by atoms with Crippen molar-refractivity contribution in [3.8, 4) is 0 Å². The molecule has 3 aliphatic heterocycles. The van der Waals surface area contributed by atoms with E-state index in [9.17, 15) is 14.4 Å². The smallest absolute Gasteiger partial charge is 0.350 e. The number of nitrogens with zero attached hydrogens (tertiary/aromatic N) is 1. The van der Waals surface area contributed by atoms with Crippen molar-refractivity contribution >= 4 is 17.9 Å². The molecule has 0 spiro atoms. The average Bonchev–Trinajstić information content (AvgIpc) is 3.18. The van der Waals surface area contributed by atoms with E-state index < -0.39 is 23.5 Å². The Hall–Kier alpha value is -2.15. The Kier molecular flexibility index (Phi) is 5.42. The summed E-state index contributed by atoms with van der Waals surface area (Å²) in [5, 5.41) is 0. The van der Waals surface area contributed by atoms with E-state index in [2.05, 4.69) is 4.90 Å². The molecule has 4 unspecified atom stereocenters. The highest BCUT2D eigenvalue weighted by Gasteiger charge is 2.47. The van der Waals surface area contributed by atoms with Gasteiger partial charge in [-0.2, -0.15) is 0 Å². The lowest BCUT2D eigenvalue weighted by Crippen LogP contribution is -2.48. The van der Waals surface area contributed by atoms with Crippen molar-refractivity contribution in [3.05, 3.63) is 23.3 Å². The van der Waals surface area contributed by atoms with E-state index in [0.29, 0.717) is 5.57 Å². The first kappa shape index (κ1) is 19.6. The molecule has 0 radical (unpaired) electrons. The first-order valence-corrected chi connectivity index (χ1v) is 9.42. The van der Waals surface area contributed by atoms with E-state index in [1.54, 1.807) is 26.8 Å². The van der Waals surface area contributed by atoms with Gasteiger partial charge in [-0.25, -0.2) is 9.59 Å². The van der Waals surface area contributed by atoms with Crippen LogP contribution in [0.4, 0.5) is 0 Å². The molecule has 148 valence electrons. The van der Waals surface area contributed by atoms with Crippen molar-refractivity contribution < 1.29 is 28.6 Å². The SMILES string of the molecule is CC=C1CC(C)C(C)(OC(C)=O)C(=O)OCC2=CCN3CCC(OC1=O)C23. The Morgan fingerprint density at radius 3 is 2.81 bits per heavy atom. The summed E-state index contributed by atoms with van der Waals surface area (Å²) in [6, 6.07) is -0.0586. The minimum Gasteiger partial charge on any atom is -0.458 e. The molecule has 2 saturated heterocycles. The Bertz CT molecular complexity index is 711. The van der Waals surface area contributed by atoms with Crippen LogP contribution in [0.5, 0.6) is 0 Å². The van der Waals surface area contributed by atoms with E-state index in [0.717, 1.165) is 25.1 Å². The number of hydrogen-bond donors (Lipinski definition) is 0. The third-order valence-electron chi connectivity index (χ3n) is 5.88. The molecule has 3 rings (SSSR count). The van der Waals surface area contributed by atoms with Crippen LogP contribution in [0.1, 0.15) is 40.5 Å². The molecule has 0 N–H and O–H groups in total. The van der Waals surface area contributed by atoms with Gasteiger partial charge in [-0.05, 0) is 32.3 Å². The van der Waals surface area contributed by atoms with Crippen LogP contribution >= 0.6 is 0 Å². The standard InChI is InChI=1S/C20H27NO6/c1-5-14-10-12(2)20(4,27-13(3)22)19(24)25-11-15-6-8-21-9-7-16(17(15)21)26-18(14)23/h5-6,12,16-17H,7-11H2,1-4H3. The van der Waals surface area contributed by atoms with Gasteiger partial charge in [-0.1, -0.05) is 19.1 Å². The Morgan fingerprint density at radius 1 is 1.41 bits per heavy atom. The second-order valence-electron chi connectivity index (χ2n) is 7.65. The maximum atomic E-state index is 12.9. The lowest BCUT2D eigenvalue weighted by atomic mass is 9.84. The van der Waals surface area contributed by atoms with Gasteiger partial charge in [0.1, 0.15) is 12.7 Å². The van der Waals surface area contributed by atoms with Crippen molar-refractivity contribution in [1.29, 1.82) is 0 Å². The number of carbonyl (C=O) groups excluding carboxylic acids is 3. The summed E-state index contributed by atoms with van der Waals surface area (Å²) in [4.78, 5) is 39.5. The fourth-order valence-electron chi connectivity index (χ4n) is 4.12. The van der Waals surface area contributed by atoms with Crippen LogP contribution < -0.4 is 0 Å².